The zero-order valence-electron chi connectivity index (χ0n) is 16.8. The summed E-state index contributed by atoms with van der Waals surface area (Å²) in [7, 11) is 3.39. The Kier molecular flexibility index (Phi) is 4.64. The normalized spacial score (nSPS) is 14.3. The second-order valence-electron chi connectivity index (χ2n) is 7.25. The third-order valence-corrected chi connectivity index (χ3v) is 6.46. The lowest BCUT2D eigenvalue weighted by molar-refractivity contribution is 0.411. The summed E-state index contributed by atoms with van der Waals surface area (Å²) >= 11 is 1.60. The molecule has 0 bridgehead atoms. The molecule has 0 atom stereocenters. The number of allylic oxidation sites excluding steroid dienone is 1. The van der Waals surface area contributed by atoms with Crippen molar-refractivity contribution in [3.05, 3.63) is 88.6 Å². The van der Waals surface area contributed by atoms with Gasteiger partial charge in [-0.15, -0.1) is 11.3 Å². The monoisotopic (exact) mass is 415 g/mol. The second-order valence-corrected chi connectivity index (χ2v) is 8.14. The van der Waals surface area contributed by atoms with Gasteiger partial charge >= 0.3 is 0 Å². The van der Waals surface area contributed by atoms with Gasteiger partial charge in [-0.2, -0.15) is 5.10 Å². The molecule has 1 aliphatic carbocycles. The van der Waals surface area contributed by atoms with Crippen molar-refractivity contribution in [1.82, 2.24) is 15.2 Å². The molecular formula is C24H21N3O2S. The number of hydrogen-bond donors (Lipinski definition) is 1. The maximum atomic E-state index is 5.52. The SMILES string of the molecule is COc1cccc(C2(c3cccc(OC)c3)C=Cc3c(-c4nccs4)n[nH]c3C2)c1. The highest BCUT2D eigenvalue weighted by molar-refractivity contribution is 7.13. The first-order valence-electron chi connectivity index (χ1n) is 9.69. The summed E-state index contributed by atoms with van der Waals surface area (Å²) in [6.07, 6.45) is 6.99. The van der Waals surface area contributed by atoms with E-state index in [0.29, 0.717) is 0 Å². The number of methoxy groups -OCH3 is 2. The minimum atomic E-state index is -0.372. The van der Waals surface area contributed by atoms with E-state index in [1.54, 1.807) is 25.6 Å². The Balaban J connectivity index is 1.68. The predicted octanol–water partition coefficient (Wildman–Crippen LogP) is 5.11. The number of benzene rings is 2. The van der Waals surface area contributed by atoms with Gasteiger partial charge in [0.2, 0.25) is 0 Å². The van der Waals surface area contributed by atoms with Crippen LogP contribution in [-0.4, -0.2) is 29.4 Å². The summed E-state index contributed by atoms with van der Waals surface area (Å²) in [5, 5.41) is 10.7. The third kappa shape index (κ3) is 3.00. The molecule has 150 valence electrons. The summed E-state index contributed by atoms with van der Waals surface area (Å²) < 4.78 is 11.0. The molecule has 0 radical (unpaired) electrons. The van der Waals surface area contributed by atoms with Crippen LogP contribution in [0.2, 0.25) is 0 Å². The van der Waals surface area contributed by atoms with Crippen molar-refractivity contribution < 1.29 is 9.47 Å². The van der Waals surface area contributed by atoms with Crippen LogP contribution in [-0.2, 0) is 11.8 Å². The van der Waals surface area contributed by atoms with E-state index < -0.39 is 0 Å². The quantitative estimate of drug-likeness (QED) is 0.492. The van der Waals surface area contributed by atoms with Gasteiger partial charge in [0.1, 0.15) is 22.2 Å². The molecule has 1 N–H and O–H groups in total. The zero-order chi connectivity index (χ0) is 20.6. The molecule has 5 nitrogen and oxygen atoms in total. The molecule has 2 aromatic carbocycles. The van der Waals surface area contributed by atoms with Gasteiger partial charge < -0.3 is 9.47 Å². The van der Waals surface area contributed by atoms with Crippen molar-refractivity contribution in [3.63, 3.8) is 0 Å². The summed E-state index contributed by atoms with van der Waals surface area (Å²) in [5.74, 6) is 1.67. The summed E-state index contributed by atoms with van der Waals surface area (Å²) in [5.41, 5.74) is 5.04. The van der Waals surface area contributed by atoms with Crippen LogP contribution < -0.4 is 9.47 Å². The standard InChI is InChI=1S/C24H21N3O2S/c1-28-18-7-3-5-16(13-18)24(17-6-4-8-19(14-17)29-2)10-9-20-21(15-24)26-27-22(20)23-25-11-12-30-23/h3-14H,15H2,1-2H3,(H,26,27). The van der Waals surface area contributed by atoms with Crippen molar-refractivity contribution in [2.75, 3.05) is 14.2 Å². The molecule has 0 unspecified atom stereocenters. The Morgan fingerprint density at radius 1 is 1.00 bits per heavy atom. The number of nitrogens with zero attached hydrogens (tertiary/aromatic N) is 2. The first-order chi connectivity index (χ1) is 14.7. The molecule has 5 rings (SSSR count). The molecule has 0 amide bonds. The van der Waals surface area contributed by atoms with Crippen LogP contribution >= 0.6 is 11.3 Å². The highest BCUT2D eigenvalue weighted by atomic mass is 32.1. The van der Waals surface area contributed by atoms with Gasteiger partial charge in [-0.05, 0) is 35.4 Å². The lowest BCUT2D eigenvalue weighted by Crippen LogP contribution is -2.30. The molecule has 0 saturated heterocycles. The average molecular weight is 416 g/mol. The number of rotatable bonds is 5. The van der Waals surface area contributed by atoms with Crippen LogP contribution in [0.1, 0.15) is 22.4 Å². The smallest absolute Gasteiger partial charge is 0.144 e. The van der Waals surface area contributed by atoms with E-state index in [1.165, 1.54) is 0 Å². The van der Waals surface area contributed by atoms with Gasteiger partial charge in [0.15, 0.2) is 0 Å². The molecule has 2 heterocycles. The van der Waals surface area contributed by atoms with E-state index >= 15 is 0 Å². The van der Waals surface area contributed by atoms with E-state index in [0.717, 1.165) is 51.0 Å². The Labute approximate surface area is 179 Å². The fraction of sp³-hybridized carbons (Fsp3) is 0.167. The molecule has 2 aromatic heterocycles. The molecule has 0 saturated carbocycles. The van der Waals surface area contributed by atoms with Crippen LogP contribution in [0.25, 0.3) is 16.8 Å². The highest BCUT2D eigenvalue weighted by Crippen LogP contribution is 2.44. The average Bonchev–Trinajstić information content (AvgIpc) is 3.48. The van der Waals surface area contributed by atoms with E-state index in [9.17, 15) is 0 Å². The topological polar surface area (TPSA) is 60.0 Å². The van der Waals surface area contributed by atoms with Crippen LogP contribution in [0.3, 0.4) is 0 Å². The number of ether oxygens (including phenoxy) is 2. The third-order valence-electron chi connectivity index (χ3n) is 5.68. The number of nitrogens with one attached hydrogen (secondary N) is 1. The molecular weight excluding hydrogens is 394 g/mol. The fourth-order valence-electron chi connectivity index (χ4n) is 4.13. The van der Waals surface area contributed by atoms with E-state index in [-0.39, 0.29) is 5.41 Å². The lowest BCUT2D eigenvalue weighted by atomic mass is 9.68. The predicted molar refractivity (Wildman–Crippen MR) is 119 cm³/mol. The fourth-order valence-corrected chi connectivity index (χ4v) is 4.77. The Hall–Kier alpha value is -3.38. The molecule has 4 aromatic rings. The minimum Gasteiger partial charge on any atom is -0.497 e. The van der Waals surface area contributed by atoms with Gasteiger partial charge in [0.25, 0.3) is 0 Å². The van der Waals surface area contributed by atoms with Crippen molar-refractivity contribution in [3.8, 4) is 22.2 Å². The Bertz CT molecular complexity index is 1160. The van der Waals surface area contributed by atoms with Gasteiger partial charge in [0.05, 0.1) is 14.2 Å². The molecule has 30 heavy (non-hydrogen) atoms. The number of aromatic nitrogens is 3. The Morgan fingerprint density at radius 2 is 1.70 bits per heavy atom. The number of hydrogen-bond acceptors (Lipinski definition) is 5. The first kappa shape index (κ1) is 18.6. The zero-order valence-corrected chi connectivity index (χ0v) is 17.6. The van der Waals surface area contributed by atoms with Gasteiger partial charge in [-0.1, -0.05) is 36.4 Å². The maximum absolute atomic E-state index is 5.52. The number of H-pyrrole nitrogens is 1. The molecule has 0 spiro atoms. The van der Waals surface area contributed by atoms with Crippen molar-refractivity contribution in [2.24, 2.45) is 0 Å². The van der Waals surface area contributed by atoms with E-state index in [4.69, 9.17) is 9.47 Å². The van der Waals surface area contributed by atoms with Gasteiger partial charge in [-0.25, -0.2) is 4.98 Å². The molecule has 0 aliphatic heterocycles. The molecule has 0 fully saturated rings. The van der Waals surface area contributed by atoms with E-state index in [2.05, 4.69) is 51.6 Å². The van der Waals surface area contributed by atoms with Crippen molar-refractivity contribution >= 4 is 17.4 Å². The van der Waals surface area contributed by atoms with Gasteiger partial charge in [0, 0.05) is 34.7 Å². The summed E-state index contributed by atoms with van der Waals surface area (Å²) in [4.78, 5) is 4.43. The number of thiazole rings is 1. The van der Waals surface area contributed by atoms with E-state index in [1.807, 2.05) is 35.8 Å². The number of aromatic amines is 1. The van der Waals surface area contributed by atoms with Crippen LogP contribution in [0.15, 0.2) is 66.2 Å². The Morgan fingerprint density at radius 3 is 2.30 bits per heavy atom. The molecule has 6 heteroatoms. The highest BCUT2D eigenvalue weighted by Gasteiger charge is 2.37. The maximum Gasteiger partial charge on any atom is 0.144 e. The van der Waals surface area contributed by atoms with Crippen LogP contribution in [0.5, 0.6) is 11.5 Å². The first-order valence-corrected chi connectivity index (χ1v) is 10.6. The summed E-state index contributed by atoms with van der Waals surface area (Å²) in [6.45, 7) is 0. The van der Waals surface area contributed by atoms with Gasteiger partial charge in [-0.3, -0.25) is 5.10 Å². The molecule has 1 aliphatic rings. The minimum absolute atomic E-state index is 0.372. The van der Waals surface area contributed by atoms with Crippen molar-refractivity contribution in [1.29, 1.82) is 0 Å². The largest absolute Gasteiger partial charge is 0.497 e. The van der Waals surface area contributed by atoms with Crippen molar-refractivity contribution in [2.45, 2.75) is 11.8 Å². The lowest BCUT2D eigenvalue weighted by Gasteiger charge is -2.35. The number of fused-ring (bicyclic) bond motifs is 1. The van der Waals surface area contributed by atoms with Crippen LogP contribution in [0.4, 0.5) is 0 Å². The second kappa shape index (κ2) is 7.46. The summed E-state index contributed by atoms with van der Waals surface area (Å²) in [6, 6.07) is 16.5. The van der Waals surface area contributed by atoms with Crippen LogP contribution in [0, 0.1) is 0 Å².